The second kappa shape index (κ2) is 4.52. The molecule has 1 unspecified atom stereocenters. The number of hydrogen-bond acceptors (Lipinski definition) is 0. The Bertz CT molecular complexity index is 50.1. The molecule has 0 aromatic carbocycles. The van der Waals surface area contributed by atoms with Crippen molar-refractivity contribution in [3.05, 3.63) is 12.7 Å². The van der Waals surface area contributed by atoms with Crippen LogP contribution in [-0.4, -0.2) is 0 Å². The SMILES string of the molecule is C=CC[CH]([Zn])CC. The van der Waals surface area contributed by atoms with Crippen molar-refractivity contribution in [2.45, 2.75) is 24.3 Å². The van der Waals surface area contributed by atoms with Gasteiger partial charge in [-0.1, -0.05) is 0 Å². The zero-order valence-electron chi connectivity index (χ0n) is 4.98. The monoisotopic (exact) mass is 147 g/mol. The van der Waals surface area contributed by atoms with Crippen molar-refractivity contribution in [1.29, 1.82) is 0 Å². The van der Waals surface area contributed by atoms with Crippen molar-refractivity contribution in [1.82, 2.24) is 0 Å². The third-order valence-corrected chi connectivity index (χ3v) is 2.99. The molecule has 0 heterocycles. The summed E-state index contributed by atoms with van der Waals surface area (Å²) < 4.78 is 0.956. The van der Waals surface area contributed by atoms with Crippen LogP contribution in [0.4, 0.5) is 0 Å². The zero-order valence-corrected chi connectivity index (χ0v) is 7.95. The Hall–Kier alpha value is 0.363. The summed E-state index contributed by atoms with van der Waals surface area (Å²) in [5.74, 6) is 0. The van der Waals surface area contributed by atoms with Crippen molar-refractivity contribution < 1.29 is 18.3 Å². The average Bonchev–Trinajstić information content (AvgIpc) is 1.68. The fourth-order valence-corrected chi connectivity index (χ4v) is 0.897. The van der Waals surface area contributed by atoms with E-state index in [4.69, 9.17) is 0 Å². The molecule has 0 aliphatic rings. The summed E-state index contributed by atoms with van der Waals surface area (Å²) in [5, 5.41) is 0. The molecular weight excluding hydrogens is 137 g/mol. The molecule has 0 aliphatic heterocycles. The van der Waals surface area contributed by atoms with Gasteiger partial charge in [0.15, 0.2) is 0 Å². The third-order valence-electron chi connectivity index (χ3n) is 1.08. The molecule has 0 aromatic rings. The van der Waals surface area contributed by atoms with Gasteiger partial charge in [0.25, 0.3) is 0 Å². The molecule has 0 saturated carbocycles. The van der Waals surface area contributed by atoms with E-state index in [1.165, 1.54) is 31.1 Å². The van der Waals surface area contributed by atoms with Crippen LogP contribution in [0.3, 0.4) is 0 Å². The van der Waals surface area contributed by atoms with Crippen LogP contribution in [-0.2, 0) is 18.3 Å². The van der Waals surface area contributed by atoms with E-state index in [2.05, 4.69) is 13.5 Å². The van der Waals surface area contributed by atoms with Crippen molar-refractivity contribution in [2.75, 3.05) is 0 Å². The molecule has 0 spiro atoms. The minimum atomic E-state index is 0.956. The summed E-state index contributed by atoms with van der Waals surface area (Å²) in [4.78, 5) is 0. The first kappa shape index (κ1) is 7.36. The molecule has 0 N–H and O–H groups in total. The molecule has 0 amide bonds. The van der Waals surface area contributed by atoms with Crippen molar-refractivity contribution >= 4 is 0 Å². The molecule has 0 fully saturated rings. The van der Waals surface area contributed by atoms with E-state index in [9.17, 15) is 0 Å². The number of allylic oxidation sites excluding steroid dienone is 1. The quantitative estimate of drug-likeness (QED) is 0.426. The van der Waals surface area contributed by atoms with Gasteiger partial charge in [-0.25, -0.2) is 0 Å². The first-order valence-corrected chi connectivity index (χ1v) is 4.46. The fraction of sp³-hybridized carbons (Fsp3) is 0.667. The zero-order chi connectivity index (χ0) is 5.70. The Balaban J connectivity index is 2.98. The molecule has 0 saturated heterocycles. The second-order valence-electron chi connectivity index (χ2n) is 1.80. The molecule has 1 heteroatoms. The molecule has 0 aliphatic carbocycles. The molecule has 0 aromatic heterocycles. The van der Waals surface area contributed by atoms with Crippen molar-refractivity contribution in [3.8, 4) is 0 Å². The summed E-state index contributed by atoms with van der Waals surface area (Å²) in [5.41, 5.74) is 0. The van der Waals surface area contributed by atoms with E-state index >= 15 is 0 Å². The van der Waals surface area contributed by atoms with E-state index < -0.39 is 0 Å². The molecule has 0 rings (SSSR count). The summed E-state index contributed by atoms with van der Waals surface area (Å²) in [6.07, 6.45) is 4.56. The van der Waals surface area contributed by atoms with Gasteiger partial charge in [0.2, 0.25) is 0 Å². The van der Waals surface area contributed by atoms with Crippen LogP contribution in [0.25, 0.3) is 0 Å². The predicted octanol–water partition coefficient (Wildman–Crippen LogP) is 2.31. The van der Waals surface area contributed by atoms with Gasteiger partial charge in [0.1, 0.15) is 0 Å². The Morgan fingerprint density at radius 2 is 2.43 bits per heavy atom. The van der Waals surface area contributed by atoms with Crippen molar-refractivity contribution in [2.24, 2.45) is 0 Å². The molecule has 7 heavy (non-hydrogen) atoms. The normalized spacial score (nSPS) is 13.6. The topological polar surface area (TPSA) is 0 Å². The van der Waals surface area contributed by atoms with Gasteiger partial charge in [-0.15, -0.1) is 0 Å². The molecule has 37 valence electrons. The molecular formula is C6H11Zn. The van der Waals surface area contributed by atoms with Crippen molar-refractivity contribution in [3.63, 3.8) is 0 Å². The summed E-state index contributed by atoms with van der Waals surface area (Å²) in [7, 11) is 0. The maximum atomic E-state index is 3.67. The van der Waals surface area contributed by atoms with Crippen LogP contribution in [0.2, 0.25) is 4.51 Å². The van der Waals surface area contributed by atoms with Crippen LogP contribution in [0.1, 0.15) is 19.8 Å². The van der Waals surface area contributed by atoms with Gasteiger partial charge in [-0.3, -0.25) is 0 Å². The minimum absolute atomic E-state index is 0.956. The Kier molecular flexibility index (Phi) is 4.76. The summed E-state index contributed by atoms with van der Waals surface area (Å²) in [6, 6.07) is 0. The average molecular weight is 149 g/mol. The van der Waals surface area contributed by atoms with Crippen LogP contribution >= 0.6 is 0 Å². The van der Waals surface area contributed by atoms with E-state index in [1.807, 2.05) is 6.08 Å². The molecule has 0 radical (unpaired) electrons. The van der Waals surface area contributed by atoms with Crippen LogP contribution < -0.4 is 0 Å². The fourth-order valence-electron chi connectivity index (χ4n) is 0.402. The van der Waals surface area contributed by atoms with E-state index in [0.29, 0.717) is 0 Å². The summed E-state index contributed by atoms with van der Waals surface area (Å²) in [6.45, 7) is 5.90. The maximum absolute atomic E-state index is 3.67. The predicted molar refractivity (Wildman–Crippen MR) is 28.9 cm³/mol. The molecule has 0 bridgehead atoms. The van der Waals surface area contributed by atoms with E-state index in [-0.39, 0.29) is 0 Å². The van der Waals surface area contributed by atoms with Gasteiger partial charge in [-0.05, 0) is 0 Å². The van der Waals surface area contributed by atoms with Gasteiger partial charge >= 0.3 is 55.2 Å². The standard InChI is InChI=1S/C6H11.Zn/c1-3-5-6-4-2;/h3,6H,1,4-5H2,2H3;. The van der Waals surface area contributed by atoms with Gasteiger partial charge in [0.05, 0.1) is 0 Å². The third kappa shape index (κ3) is 4.21. The first-order valence-electron chi connectivity index (χ1n) is 2.75. The second-order valence-corrected chi connectivity index (χ2v) is 4.22. The van der Waals surface area contributed by atoms with Crippen LogP contribution in [0, 0.1) is 0 Å². The van der Waals surface area contributed by atoms with Crippen LogP contribution in [0.15, 0.2) is 12.7 Å². The number of hydrogen-bond donors (Lipinski definition) is 0. The van der Waals surface area contributed by atoms with Gasteiger partial charge in [-0.2, -0.15) is 0 Å². The Morgan fingerprint density at radius 1 is 1.86 bits per heavy atom. The van der Waals surface area contributed by atoms with Crippen LogP contribution in [0.5, 0.6) is 0 Å². The van der Waals surface area contributed by atoms with E-state index in [1.54, 1.807) is 0 Å². The first-order chi connectivity index (χ1) is 3.31. The van der Waals surface area contributed by atoms with Gasteiger partial charge in [0, 0.05) is 0 Å². The molecule has 1 atom stereocenters. The van der Waals surface area contributed by atoms with Gasteiger partial charge < -0.3 is 0 Å². The number of rotatable bonds is 3. The summed E-state index contributed by atoms with van der Waals surface area (Å²) >= 11 is 1.42. The van der Waals surface area contributed by atoms with E-state index in [0.717, 1.165) is 4.51 Å². The Labute approximate surface area is 55.7 Å². The Morgan fingerprint density at radius 3 is 2.57 bits per heavy atom. The molecule has 0 nitrogen and oxygen atoms in total.